The molecule has 0 amide bonds. The van der Waals surface area contributed by atoms with Crippen LogP contribution in [0.2, 0.25) is 0 Å². The van der Waals surface area contributed by atoms with Crippen molar-refractivity contribution >= 4 is 11.0 Å². The molecule has 0 bridgehead atoms. The van der Waals surface area contributed by atoms with Crippen molar-refractivity contribution in [1.82, 2.24) is 19.9 Å². The lowest BCUT2D eigenvalue weighted by molar-refractivity contribution is 0.437. The number of hydrogen-bond acceptors (Lipinski definition) is 3. The fraction of sp³-hybridized carbons (Fsp3) is 0.571. The minimum atomic E-state index is 0.0723. The SMILES string of the molecule is Cc1nc(C)c2c(C3(C)CCCN3)cn(C)c2n1. The third-order valence-electron chi connectivity index (χ3n) is 4.07. The number of nitrogens with zero attached hydrogens (tertiary/aromatic N) is 3. The van der Waals surface area contributed by atoms with Gasteiger partial charge < -0.3 is 9.88 Å². The minimum Gasteiger partial charge on any atom is -0.335 e. The zero-order valence-electron chi connectivity index (χ0n) is 11.5. The van der Waals surface area contributed by atoms with Crippen LogP contribution in [0.4, 0.5) is 0 Å². The summed E-state index contributed by atoms with van der Waals surface area (Å²) in [6, 6.07) is 0. The number of nitrogens with one attached hydrogen (secondary N) is 1. The molecule has 18 heavy (non-hydrogen) atoms. The second-order valence-corrected chi connectivity index (χ2v) is 5.57. The van der Waals surface area contributed by atoms with Crippen LogP contribution in [-0.4, -0.2) is 21.1 Å². The summed E-state index contributed by atoms with van der Waals surface area (Å²) in [5.74, 6) is 0.845. The molecule has 0 aromatic carbocycles. The Labute approximate surface area is 107 Å². The van der Waals surface area contributed by atoms with Gasteiger partial charge in [-0.05, 0) is 40.2 Å². The summed E-state index contributed by atoms with van der Waals surface area (Å²) in [4.78, 5) is 9.11. The molecule has 1 N–H and O–H groups in total. The fourth-order valence-corrected chi connectivity index (χ4v) is 3.13. The van der Waals surface area contributed by atoms with Crippen LogP contribution in [0.25, 0.3) is 11.0 Å². The number of hydrogen-bond donors (Lipinski definition) is 1. The van der Waals surface area contributed by atoms with Gasteiger partial charge in [0.25, 0.3) is 0 Å². The molecule has 1 aliphatic heterocycles. The Morgan fingerprint density at radius 2 is 2.11 bits per heavy atom. The second kappa shape index (κ2) is 3.79. The summed E-state index contributed by atoms with van der Waals surface area (Å²) in [6.45, 7) is 7.42. The maximum absolute atomic E-state index is 4.58. The van der Waals surface area contributed by atoms with Crippen LogP contribution in [0.15, 0.2) is 6.20 Å². The quantitative estimate of drug-likeness (QED) is 0.836. The molecule has 4 heteroatoms. The van der Waals surface area contributed by atoms with Crippen LogP contribution >= 0.6 is 0 Å². The van der Waals surface area contributed by atoms with Crippen LogP contribution in [0.3, 0.4) is 0 Å². The topological polar surface area (TPSA) is 42.7 Å². The van der Waals surface area contributed by atoms with E-state index < -0.39 is 0 Å². The third kappa shape index (κ3) is 1.56. The molecular formula is C14H20N4. The van der Waals surface area contributed by atoms with Gasteiger partial charge >= 0.3 is 0 Å². The van der Waals surface area contributed by atoms with Gasteiger partial charge in [-0.3, -0.25) is 0 Å². The lowest BCUT2D eigenvalue weighted by Gasteiger charge is -2.24. The van der Waals surface area contributed by atoms with Gasteiger partial charge in [0.1, 0.15) is 11.5 Å². The van der Waals surface area contributed by atoms with E-state index in [-0.39, 0.29) is 5.54 Å². The first-order chi connectivity index (χ1) is 8.51. The molecular weight excluding hydrogens is 224 g/mol. The number of aromatic nitrogens is 3. The van der Waals surface area contributed by atoms with E-state index in [1.165, 1.54) is 23.8 Å². The van der Waals surface area contributed by atoms with Crippen molar-refractivity contribution < 1.29 is 0 Å². The predicted octanol–water partition coefficient (Wildman–Crippen LogP) is 2.18. The first kappa shape index (κ1) is 11.7. The summed E-state index contributed by atoms with van der Waals surface area (Å²) in [5, 5.41) is 4.85. The van der Waals surface area contributed by atoms with Crippen molar-refractivity contribution in [3.05, 3.63) is 23.3 Å². The zero-order valence-corrected chi connectivity index (χ0v) is 11.5. The average molecular weight is 244 g/mol. The summed E-state index contributed by atoms with van der Waals surface area (Å²) < 4.78 is 2.12. The smallest absolute Gasteiger partial charge is 0.143 e. The molecule has 0 saturated carbocycles. The van der Waals surface area contributed by atoms with Crippen molar-refractivity contribution in [2.24, 2.45) is 7.05 Å². The van der Waals surface area contributed by atoms with Gasteiger partial charge in [0.05, 0.1) is 5.69 Å². The van der Waals surface area contributed by atoms with Gasteiger partial charge in [-0.15, -0.1) is 0 Å². The lowest BCUT2D eigenvalue weighted by Crippen LogP contribution is -2.33. The molecule has 0 spiro atoms. The van der Waals surface area contributed by atoms with Crippen molar-refractivity contribution in [3.8, 4) is 0 Å². The molecule has 0 aliphatic carbocycles. The molecule has 1 saturated heterocycles. The van der Waals surface area contributed by atoms with E-state index >= 15 is 0 Å². The van der Waals surface area contributed by atoms with E-state index in [1.54, 1.807) is 0 Å². The lowest BCUT2D eigenvalue weighted by atomic mass is 9.90. The number of aryl methyl sites for hydroxylation is 3. The van der Waals surface area contributed by atoms with Crippen molar-refractivity contribution in [2.45, 2.75) is 39.2 Å². The van der Waals surface area contributed by atoms with Crippen LogP contribution < -0.4 is 5.32 Å². The summed E-state index contributed by atoms with van der Waals surface area (Å²) in [6.07, 6.45) is 4.63. The third-order valence-corrected chi connectivity index (χ3v) is 4.07. The van der Waals surface area contributed by atoms with Gasteiger partial charge in [-0.25, -0.2) is 9.97 Å². The normalized spacial score (nSPS) is 24.0. The Hall–Kier alpha value is -1.42. The maximum Gasteiger partial charge on any atom is 0.143 e. The highest BCUT2D eigenvalue weighted by atomic mass is 15.1. The second-order valence-electron chi connectivity index (χ2n) is 5.57. The van der Waals surface area contributed by atoms with Crippen LogP contribution in [-0.2, 0) is 12.6 Å². The van der Waals surface area contributed by atoms with E-state index in [2.05, 4.69) is 46.9 Å². The van der Waals surface area contributed by atoms with Crippen LogP contribution in [0.5, 0.6) is 0 Å². The molecule has 3 rings (SSSR count). The monoisotopic (exact) mass is 244 g/mol. The Morgan fingerprint density at radius 3 is 2.78 bits per heavy atom. The molecule has 0 radical (unpaired) electrons. The highest BCUT2D eigenvalue weighted by molar-refractivity contribution is 5.84. The predicted molar refractivity (Wildman–Crippen MR) is 72.6 cm³/mol. The van der Waals surface area contributed by atoms with Crippen LogP contribution in [0.1, 0.15) is 36.8 Å². The fourth-order valence-electron chi connectivity index (χ4n) is 3.13. The van der Waals surface area contributed by atoms with Crippen LogP contribution in [0, 0.1) is 13.8 Å². The highest BCUT2D eigenvalue weighted by Crippen LogP contribution is 2.36. The van der Waals surface area contributed by atoms with Gasteiger partial charge in [0, 0.05) is 29.7 Å². The molecule has 1 atom stereocenters. The van der Waals surface area contributed by atoms with Gasteiger partial charge in [-0.2, -0.15) is 0 Å². The number of fused-ring (bicyclic) bond motifs is 1. The van der Waals surface area contributed by atoms with E-state index in [1.807, 2.05) is 6.92 Å². The average Bonchev–Trinajstić information content (AvgIpc) is 2.85. The molecule has 1 fully saturated rings. The van der Waals surface area contributed by atoms with Crippen molar-refractivity contribution in [3.63, 3.8) is 0 Å². The van der Waals surface area contributed by atoms with Gasteiger partial charge in [-0.1, -0.05) is 0 Å². The van der Waals surface area contributed by atoms with E-state index in [4.69, 9.17) is 0 Å². The molecule has 1 unspecified atom stereocenters. The largest absolute Gasteiger partial charge is 0.335 e. The molecule has 2 aromatic rings. The summed E-state index contributed by atoms with van der Waals surface area (Å²) >= 11 is 0. The first-order valence-corrected chi connectivity index (χ1v) is 6.57. The summed E-state index contributed by atoms with van der Waals surface area (Å²) in [5.41, 5.74) is 3.55. The first-order valence-electron chi connectivity index (χ1n) is 6.57. The maximum atomic E-state index is 4.58. The van der Waals surface area contributed by atoms with E-state index in [9.17, 15) is 0 Å². The molecule has 1 aliphatic rings. The Bertz CT molecular complexity index is 606. The Balaban J connectivity index is 2.31. The van der Waals surface area contributed by atoms with Gasteiger partial charge in [0.2, 0.25) is 0 Å². The standard InChI is InChI=1S/C14H20N4/c1-9-12-11(14(3)6-5-7-15-14)8-18(4)13(12)17-10(2)16-9/h8,15H,5-7H2,1-4H3. The zero-order chi connectivity index (χ0) is 12.9. The summed E-state index contributed by atoms with van der Waals surface area (Å²) in [7, 11) is 2.07. The molecule has 96 valence electrons. The van der Waals surface area contributed by atoms with Crippen molar-refractivity contribution in [2.75, 3.05) is 6.54 Å². The minimum absolute atomic E-state index is 0.0723. The van der Waals surface area contributed by atoms with E-state index in [0.717, 1.165) is 23.7 Å². The molecule has 4 nitrogen and oxygen atoms in total. The Kier molecular flexibility index (Phi) is 2.45. The van der Waals surface area contributed by atoms with Gasteiger partial charge in [0.15, 0.2) is 0 Å². The molecule has 2 aromatic heterocycles. The highest BCUT2D eigenvalue weighted by Gasteiger charge is 2.33. The van der Waals surface area contributed by atoms with Crippen molar-refractivity contribution in [1.29, 1.82) is 0 Å². The Morgan fingerprint density at radius 1 is 1.33 bits per heavy atom. The van der Waals surface area contributed by atoms with E-state index in [0.29, 0.717) is 0 Å². The number of rotatable bonds is 1. The molecule has 3 heterocycles.